The molecule has 4 aromatic carbocycles. The maximum Gasteiger partial charge on any atom is 0.338 e. The Balaban J connectivity index is 0.927. The highest BCUT2D eigenvalue weighted by atomic mass is 16.5. The van der Waals surface area contributed by atoms with E-state index in [2.05, 4.69) is 41.3 Å². The number of imide groups is 1. The summed E-state index contributed by atoms with van der Waals surface area (Å²) in [7, 11) is 0. The molecule has 0 aromatic heterocycles. The summed E-state index contributed by atoms with van der Waals surface area (Å²) in [4.78, 5) is 55.3. The highest BCUT2D eigenvalue weighted by Crippen LogP contribution is 2.37. The molecule has 45 heavy (non-hydrogen) atoms. The quantitative estimate of drug-likeness (QED) is 0.126. The Labute approximate surface area is 262 Å². The van der Waals surface area contributed by atoms with E-state index >= 15 is 0 Å². The zero-order valence-corrected chi connectivity index (χ0v) is 25.0. The number of esters is 1. The van der Waals surface area contributed by atoms with Gasteiger partial charge in [0.15, 0.2) is 12.4 Å². The number of carbonyl (C=O) groups is 4. The van der Waals surface area contributed by atoms with E-state index in [9.17, 15) is 19.2 Å². The number of Topliss-reactive ketones (excluding diaryl/α,β-unsaturated/α-hetero) is 1. The molecule has 2 aliphatic heterocycles. The molecule has 0 spiro atoms. The Morgan fingerprint density at radius 3 is 2.22 bits per heavy atom. The molecule has 1 unspecified atom stereocenters. The van der Waals surface area contributed by atoms with Crippen molar-refractivity contribution in [1.29, 1.82) is 0 Å². The molecule has 3 aliphatic rings. The molecular formula is C38H34N2O5. The van der Waals surface area contributed by atoms with Gasteiger partial charge in [0, 0.05) is 5.56 Å². The molecule has 7 heteroatoms. The third-order valence-corrected chi connectivity index (χ3v) is 9.39. The van der Waals surface area contributed by atoms with Crippen molar-refractivity contribution in [3.05, 3.63) is 125 Å². The molecule has 2 heterocycles. The van der Waals surface area contributed by atoms with Crippen LogP contribution in [0.4, 0.5) is 5.69 Å². The van der Waals surface area contributed by atoms with E-state index < -0.39 is 12.0 Å². The first kappa shape index (κ1) is 28.9. The summed E-state index contributed by atoms with van der Waals surface area (Å²) in [6.45, 7) is 1.20. The molecule has 0 saturated carbocycles. The lowest BCUT2D eigenvalue weighted by Crippen LogP contribution is -2.46. The molecule has 0 bridgehead atoms. The van der Waals surface area contributed by atoms with Gasteiger partial charge in [0.2, 0.25) is 5.91 Å². The van der Waals surface area contributed by atoms with Crippen molar-refractivity contribution < 1.29 is 23.9 Å². The number of nitrogens with zero attached hydrogens (tertiary/aromatic N) is 2. The molecule has 2 amide bonds. The van der Waals surface area contributed by atoms with Crippen LogP contribution in [0.15, 0.2) is 97.1 Å². The van der Waals surface area contributed by atoms with Gasteiger partial charge >= 0.3 is 5.97 Å². The minimum Gasteiger partial charge on any atom is -0.454 e. The molecule has 7 rings (SSSR count). The average molecular weight is 599 g/mol. The first-order chi connectivity index (χ1) is 21.9. The summed E-state index contributed by atoms with van der Waals surface area (Å²) >= 11 is 0. The molecule has 226 valence electrons. The fourth-order valence-electron chi connectivity index (χ4n) is 6.95. The number of benzene rings is 4. The van der Waals surface area contributed by atoms with Gasteiger partial charge in [0.25, 0.3) is 5.91 Å². The monoisotopic (exact) mass is 598 g/mol. The normalized spacial score (nSPS) is 18.1. The van der Waals surface area contributed by atoms with Gasteiger partial charge in [-0.1, -0.05) is 66.7 Å². The summed E-state index contributed by atoms with van der Waals surface area (Å²) in [5, 5.41) is 0. The van der Waals surface area contributed by atoms with Crippen LogP contribution in [-0.2, 0) is 27.2 Å². The van der Waals surface area contributed by atoms with E-state index in [1.807, 2.05) is 30.3 Å². The highest BCUT2D eigenvalue weighted by Gasteiger charge is 2.43. The Morgan fingerprint density at radius 1 is 0.756 bits per heavy atom. The maximum absolute atomic E-state index is 13.4. The molecule has 0 radical (unpaired) electrons. The van der Waals surface area contributed by atoms with Crippen molar-refractivity contribution in [3.8, 4) is 11.1 Å². The smallest absolute Gasteiger partial charge is 0.338 e. The molecule has 1 atom stereocenters. The Morgan fingerprint density at radius 2 is 1.44 bits per heavy atom. The fourth-order valence-corrected chi connectivity index (χ4v) is 6.95. The molecular weight excluding hydrogens is 564 g/mol. The number of piperidine rings is 1. The van der Waals surface area contributed by atoms with E-state index in [4.69, 9.17) is 4.74 Å². The van der Waals surface area contributed by atoms with Crippen molar-refractivity contribution in [2.75, 3.05) is 24.6 Å². The lowest BCUT2D eigenvalue weighted by atomic mass is 9.89. The summed E-state index contributed by atoms with van der Waals surface area (Å²) < 4.78 is 5.33. The average Bonchev–Trinajstić information content (AvgIpc) is 3.60. The van der Waals surface area contributed by atoms with Gasteiger partial charge in [-0.15, -0.1) is 0 Å². The van der Waals surface area contributed by atoms with Crippen LogP contribution in [0, 0.1) is 5.92 Å². The van der Waals surface area contributed by atoms with Gasteiger partial charge in [-0.2, -0.15) is 0 Å². The van der Waals surface area contributed by atoms with Gasteiger partial charge in [-0.25, -0.2) is 9.69 Å². The number of rotatable bonds is 8. The largest absolute Gasteiger partial charge is 0.454 e. The molecule has 7 nitrogen and oxygen atoms in total. The van der Waals surface area contributed by atoms with Crippen LogP contribution in [0.25, 0.3) is 11.1 Å². The lowest BCUT2D eigenvalue weighted by molar-refractivity contribution is -0.123. The number of hydrogen-bond donors (Lipinski definition) is 0. The van der Waals surface area contributed by atoms with Crippen LogP contribution >= 0.6 is 0 Å². The lowest BCUT2D eigenvalue weighted by Gasteiger charge is -2.34. The second-order valence-corrected chi connectivity index (χ2v) is 12.2. The SMILES string of the molecule is O=C(COC(=O)c1ccc(N2C(=O)CC(N3CCC(Cc4ccccc4)CC3)C2=O)cc1)c1ccc2c(c1)Cc1ccccc1-2. The minimum atomic E-state index is -0.640. The van der Waals surface area contributed by atoms with Gasteiger partial charge < -0.3 is 4.74 Å². The number of anilines is 1. The van der Waals surface area contributed by atoms with Gasteiger partial charge in [-0.05, 0) is 103 Å². The second-order valence-electron chi connectivity index (χ2n) is 12.2. The van der Waals surface area contributed by atoms with Crippen molar-refractivity contribution in [2.45, 2.75) is 38.1 Å². The van der Waals surface area contributed by atoms with E-state index in [0.29, 0.717) is 17.2 Å². The number of ether oxygens (including phenoxy) is 1. The highest BCUT2D eigenvalue weighted by molar-refractivity contribution is 6.22. The molecule has 1 aliphatic carbocycles. The standard InChI is InChI=1S/C38H34N2O5/c41-35(29-12-15-33-30(22-29)21-28-8-4-5-9-32(28)33)24-45-38(44)27-10-13-31(14-11-27)40-36(42)23-34(37(40)43)39-18-16-26(17-19-39)20-25-6-2-1-3-7-25/h1-15,22,26,34H,16-21,23-24H2. The van der Waals surface area contributed by atoms with E-state index in [1.165, 1.54) is 33.7 Å². The molecule has 2 saturated heterocycles. The Hall–Kier alpha value is -4.88. The summed E-state index contributed by atoms with van der Waals surface area (Å²) in [6, 6.07) is 30.0. The third kappa shape index (κ3) is 5.83. The van der Waals surface area contributed by atoms with Crippen molar-refractivity contribution in [1.82, 2.24) is 4.90 Å². The number of hydrogen-bond acceptors (Lipinski definition) is 6. The van der Waals surface area contributed by atoms with Crippen LogP contribution in [0.1, 0.15) is 56.7 Å². The number of fused-ring (bicyclic) bond motifs is 3. The first-order valence-corrected chi connectivity index (χ1v) is 15.6. The van der Waals surface area contributed by atoms with Gasteiger partial charge in [0.05, 0.1) is 23.7 Å². The van der Waals surface area contributed by atoms with Crippen molar-refractivity contribution >= 4 is 29.3 Å². The number of amides is 2. The van der Waals surface area contributed by atoms with Gasteiger partial charge in [0.1, 0.15) is 0 Å². The number of likely N-dealkylation sites (tertiary alicyclic amines) is 1. The molecule has 0 N–H and O–H groups in total. The third-order valence-electron chi connectivity index (χ3n) is 9.39. The van der Waals surface area contributed by atoms with Crippen molar-refractivity contribution in [3.63, 3.8) is 0 Å². The van der Waals surface area contributed by atoms with Crippen molar-refractivity contribution in [2.24, 2.45) is 5.92 Å². The first-order valence-electron chi connectivity index (χ1n) is 15.6. The predicted octanol–water partition coefficient (Wildman–Crippen LogP) is 5.88. The van der Waals surface area contributed by atoms with E-state index in [1.54, 1.807) is 18.2 Å². The van der Waals surface area contributed by atoms with Crippen LogP contribution in [-0.4, -0.2) is 54.2 Å². The summed E-state index contributed by atoms with van der Waals surface area (Å²) in [5.41, 5.74) is 7.15. The Kier molecular flexibility index (Phi) is 7.86. The van der Waals surface area contributed by atoms with Crippen LogP contribution in [0.5, 0.6) is 0 Å². The topological polar surface area (TPSA) is 84.0 Å². The summed E-state index contributed by atoms with van der Waals surface area (Å²) in [6.07, 6.45) is 3.95. The minimum absolute atomic E-state index is 0.156. The zero-order valence-electron chi connectivity index (χ0n) is 25.0. The number of carbonyl (C=O) groups excluding carboxylic acids is 4. The number of ketones is 1. The predicted molar refractivity (Wildman–Crippen MR) is 171 cm³/mol. The van der Waals surface area contributed by atoms with E-state index in [-0.39, 0.29) is 36.2 Å². The molecule has 4 aromatic rings. The summed E-state index contributed by atoms with van der Waals surface area (Å²) in [5.74, 6) is -0.809. The fraction of sp³-hybridized carbons (Fsp3) is 0.263. The molecule has 2 fully saturated rings. The van der Waals surface area contributed by atoms with Crippen LogP contribution in [0.3, 0.4) is 0 Å². The maximum atomic E-state index is 13.4. The van der Waals surface area contributed by atoms with Crippen LogP contribution in [0.2, 0.25) is 0 Å². The Bertz CT molecular complexity index is 1770. The van der Waals surface area contributed by atoms with Gasteiger partial charge in [-0.3, -0.25) is 19.3 Å². The zero-order chi connectivity index (χ0) is 30.9. The second kappa shape index (κ2) is 12.3. The van der Waals surface area contributed by atoms with E-state index in [0.717, 1.165) is 49.9 Å². The van der Waals surface area contributed by atoms with Crippen LogP contribution < -0.4 is 4.90 Å².